The molecule has 4 aromatic rings. The summed E-state index contributed by atoms with van der Waals surface area (Å²) in [6.07, 6.45) is 6.00. The molecular formula is C33H36ClN4O3S+. The fourth-order valence-corrected chi connectivity index (χ4v) is 8.08. The van der Waals surface area contributed by atoms with E-state index in [1.807, 2.05) is 59.1 Å². The Bertz CT molecular complexity index is 1730. The molecule has 42 heavy (non-hydrogen) atoms. The molecule has 1 heterocycles. The Morgan fingerprint density at radius 1 is 1.10 bits per heavy atom. The topological polar surface area (TPSA) is 84.3 Å². The van der Waals surface area contributed by atoms with Crippen LogP contribution in [0.25, 0.3) is 0 Å². The highest BCUT2D eigenvalue weighted by Crippen LogP contribution is 2.65. The molecule has 2 aliphatic rings. The average molecular weight is 604 g/mol. The largest absolute Gasteiger partial charge is 0.337 e. The summed E-state index contributed by atoms with van der Waals surface area (Å²) in [7, 11) is -1.86. The predicted molar refractivity (Wildman–Crippen MR) is 160 cm³/mol. The Morgan fingerprint density at radius 3 is 2.60 bits per heavy atom. The van der Waals surface area contributed by atoms with Crippen LogP contribution in [0.4, 0.5) is 5.69 Å². The summed E-state index contributed by atoms with van der Waals surface area (Å²) in [5.74, 6) is 0.757. The van der Waals surface area contributed by atoms with Crippen LogP contribution < -0.4 is 9.62 Å². The van der Waals surface area contributed by atoms with Gasteiger partial charge in [0.15, 0.2) is 11.6 Å². The lowest BCUT2D eigenvalue weighted by atomic mass is 9.87. The summed E-state index contributed by atoms with van der Waals surface area (Å²) in [6.45, 7) is 4.63. The number of rotatable bonds is 8. The molecule has 0 aliphatic heterocycles. The number of anilines is 1. The molecule has 1 saturated carbocycles. The summed E-state index contributed by atoms with van der Waals surface area (Å²) < 4.78 is 31.5. The summed E-state index contributed by atoms with van der Waals surface area (Å²) >= 11 is 5.21. The van der Waals surface area contributed by atoms with Gasteiger partial charge < -0.3 is 9.47 Å². The van der Waals surface area contributed by atoms with Crippen molar-refractivity contribution >= 4 is 21.6 Å². The standard InChI is InChI=1S/C33H36ClN4O3S/c1-33(2)30(23-9-5-4-6-10-23)31(33)32(39)38(21-29-35-17-18-37(29)3)25-16-15-22-11-7-14-28(27(22)20-25)36-42(40,41)26-13-8-12-24(34)19-26/h4-6,8-10,12-13,15-20,28,30-31,34,36H,7,11,14,21H2,1-3H3/q+1/t28-,30+,31-/m1/s1. The summed E-state index contributed by atoms with van der Waals surface area (Å²) in [5, 5.41) is 0.476. The minimum atomic E-state index is -3.79. The maximum absolute atomic E-state index is 14.4. The van der Waals surface area contributed by atoms with E-state index in [1.54, 1.807) is 24.4 Å². The third-order valence-electron chi connectivity index (χ3n) is 8.91. The molecule has 1 N–H and O–H groups in total. The van der Waals surface area contributed by atoms with Crippen LogP contribution in [0.2, 0.25) is 5.02 Å². The average Bonchev–Trinajstić information content (AvgIpc) is 3.32. The number of fused-ring (bicyclic) bond motifs is 1. The van der Waals surface area contributed by atoms with Crippen LogP contribution in [0.3, 0.4) is 0 Å². The van der Waals surface area contributed by atoms with Crippen molar-refractivity contribution in [2.75, 3.05) is 4.90 Å². The van der Waals surface area contributed by atoms with Crippen molar-refractivity contribution < 1.29 is 24.8 Å². The highest BCUT2D eigenvalue weighted by molar-refractivity contribution is 7.89. The van der Waals surface area contributed by atoms with E-state index in [4.69, 9.17) is 11.6 Å². The van der Waals surface area contributed by atoms with Crippen LogP contribution in [0.5, 0.6) is 0 Å². The van der Waals surface area contributed by atoms with Gasteiger partial charge in [-0.1, -0.05) is 56.3 Å². The maximum atomic E-state index is 14.4. The van der Waals surface area contributed by atoms with Crippen LogP contribution in [-0.4, -0.2) is 23.9 Å². The molecule has 3 atom stereocenters. The summed E-state index contributed by atoms with van der Waals surface area (Å²) in [6, 6.07) is 22.3. The molecule has 1 amide bonds. The number of nitrogens with zero attached hydrogens (tertiary/aromatic N) is 3. The van der Waals surface area contributed by atoms with E-state index in [9.17, 15) is 13.2 Å². The maximum Gasteiger partial charge on any atom is 0.241 e. The fraction of sp³-hybridized carbons (Fsp3) is 0.333. The van der Waals surface area contributed by atoms with Crippen molar-refractivity contribution in [3.05, 3.63) is 113 Å². The van der Waals surface area contributed by atoms with E-state index in [2.05, 4.69) is 35.7 Å². The quantitative estimate of drug-likeness (QED) is 0.290. The van der Waals surface area contributed by atoms with Gasteiger partial charge in [-0.3, -0.25) is 4.79 Å². The molecule has 0 spiro atoms. The molecule has 1 aromatic heterocycles. The number of carbonyl (C=O) groups excluding carboxylic acids is 1. The Kier molecular flexibility index (Phi) is 7.50. The fourth-order valence-electron chi connectivity index (χ4n) is 6.51. The van der Waals surface area contributed by atoms with Crippen LogP contribution in [0, 0.1) is 22.9 Å². The first-order valence-corrected chi connectivity index (χ1v) is 16.2. The first-order valence-electron chi connectivity index (χ1n) is 14.3. The normalized spacial score (nSPS) is 21.0. The number of benzene rings is 3. The van der Waals surface area contributed by atoms with E-state index in [0.29, 0.717) is 18.0 Å². The summed E-state index contributed by atoms with van der Waals surface area (Å²) in [4.78, 5) is 20.9. The second-order valence-electron chi connectivity index (χ2n) is 12.0. The highest BCUT2D eigenvalue weighted by Gasteiger charge is 2.63. The SMILES string of the molecule is Cn1ccnc1CN(C(=O)[C@H]1[C@H](c2ccccc2)C1(C)C)c1ccc2c(c1)[C@H](NS(=O)(=O)c1cccc([ClH+])c1)CCC2. The number of carbonyl (C=O) groups is 1. The smallest absolute Gasteiger partial charge is 0.241 e. The van der Waals surface area contributed by atoms with Crippen molar-refractivity contribution in [3.8, 4) is 0 Å². The van der Waals surface area contributed by atoms with Gasteiger partial charge >= 0.3 is 0 Å². The minimum Gasteiger partial charge on any atom is -0.337 e. The van der Waals surface area contributed by atoms with Crippen molar-refractivity contribution in [3.63, 3.8) is 0 Å². The Balaban J connectivity index is 1.35. The number of imidazole rings is 1. The van der Waals surface area contributed by atoms with Crippen LogP contribution >= 0.6 is 0 Å². The minimum absolute atomic E-state index is 0.0482. The lowest BCUT2D eigenvalue weighted by Gasteiger charge is -2.29. The zero-order chi connectivity index (χ0) is 29.6. The van der Waals surface area contributed by atoms with Crippen LogP contribution in [0.1, 0.15) is 61.2 Å². The monoisotopic (exact) mass is 603 g/mol. The molecule has 3 aromatic carbocycles. The molecular weight excluding hydrogens is 568 g/mol. The van der Waals surface area contributed by atoms with E-state index in [1.165, 1.54) is 11.6 Å². The van der Waals surface area contributed by atoms with Crippen LogP contribution in [0.15, 0.2) is 90.1 Å². The number of aryl methyl sites for hydroxylation is 2. The van der Waals surface area contributed by atoms with Crippen molar-refractivity contribution in [1.29, 1.82) is 0 Å². The number of nitrogens with one attached hydrogen (secondary N) is 1. The third-order valence-corrected chi connectivity index (χ3v) is 10.6. The Morgan fingerprint density at radius 2 is 1.88 bits per heavy atom. The van der Waals surface area contributed by atoms with Gasteiger partial charge in [0.2, 0.25) is 21.0 Å². The molecule has 9 heteroatoms. The molecule has 2 aliphatic carbocycles. The zero-order valence-corrected chi connectivity index (χ0v) is 25.7. The molecule has 6 rings (SSSR count). The van der Waals surface area contributed by atoms with E-state index < -0.39 is 16.1 Å². The zero-order valence-electron chi connectivity index (χ0n) is 24.0. The first kappa shape index (κ1) is 28.6. The first-order chi connectivity index (χ1) is 20.1. The van der Waals surface area contributed by atoms with Crippen LogP contribution in [-0.2, 0) is 34.8 Å². The third kappa shape index (κ3) is 5.39. The van der Waals surface area contributed by atoms with Gasteiger partial charge in [0.05, 0.1) is 17.4 Å². The lowest BCUT2D eigenvalue weighted by Crippen LogP contribution is -2.35. The van der Waals surface area contributed by atoms with Gasteiger partial charge in [-0.05, 0) is 59.6 Å². The van der Waals surface area contributed by atoms with Gasteiger partial charge in [-0.25, -0.2) is 18.1 Å². The molecule has 0 bridgehead atoms. The van der Waals surface area contributed by atoms with E-state index >= 15 is 0 Å². The number of hydrogen-bond donors (Lipinski definition) is 1. The van der Waals surface area contributed by atoms with E-state index in [-0.39, 0.29) is 28.1 Å². The van der Waals surface area contributed by atoms with Crippen molar-refractivity contribution in [2.45, 2.75) is 56.5 Å². The van der Waals surface area contributed by atoms with Gasteiger partial charge in [0, 0.05) is 49.2 Å². The van der Waals surface area contributed by atoms with Crippen molar-refractivity contribution in [2.24, 2.45) is 18.4 Å². The summed E-state index contributed by atoms with van der Waals surface area (Å²) in [5.41, 5.74) is 3.72. The number of hydrogen-bond acceptors (Lipinski definition) is 4. The van der Waals surface area contributed by atoms with Crippen molar-refractivity contribution in [1.82, 2.24) is 14.3 Å². The molecule has 0 saturated heterocycles. The van der Waals surface area contributed by atoms with E-state index in [0.717, 1.165) is 35.5 Å². The second-order valence-corrected chi connectivity index (χ2v) is 14.2. The molecule has 1 fully saturated rings. The Hall–Kier alpha value is -3.46. The highest BCUT2D eigenvalue weighted by atomic mass is 35.5. The van der Waals surface area contributed by atoms with Gasteiger partial charge in [0.1, 0.15) is 5.82 Å². The molecule has 0 radical (unpaired) electrons. The molecule has 0 unspecified atom stereocenters. The van der Waals surface area contributed by atoms with Gasteiger partial charge in [0.25, 0.3) is 0 Å². The second kappa shape index (κ2) is 11.0. The lowest BCUT2D eigenvalue weighted by molar-refractivity contribution is -0.289. The Labute approximate surface area is 252 Å². The number of aromatic nitrogens is 2. The predicted octanol–water partition coefficient (Wildman–Crippen LogP) is 5.45. The van der Waals surface area contributed by atoms with Gasteiger partial charge in [-0.2, -0.15) is 0 Å². The number of halogens is 1. The number of sulfonamides is 1. The molecule has 7 nitrogen and oxygen atoms in total. The molecule has 218 valence electrons. The number of amides is 1. The van der Waals surface area contributed by atoms with Gasteiger partial charge in [-0.15, -0.1) is 0 Å².